The van der Waals surface area contributed by atoms with Gasteiger partial charge in [0.1, 0.15) is 5.75 Å². The van der Waals surface area contributed by atoms with Crippen LogP contribution in [0.15, 0.2) is 63.9 Å². The highest BCUT2D eigenvalue weighted by atomic mass is 32.2. The van der Waals surface area contributed by atoms with Crippen LogP contribution >= 0.6 is 11.3 Å². The predicted octanol–water partition coefficient (Wildman–Crippen LogP) is 4.44. The van der Waals surface area contributed by atoms with Gasteiger partial charge in [-0.1, -0.05) is 30.7 Å². The molecule has 1 aromatic heterocycles. The number of nitrogens with zero attached hydrogens (tertiary/aromatic N) is 3. The molecule has 2 aromatic carbocycles. The van der Waals surface area contributed by atoms with Gasteiger partial charge in [0.15, 0.2) is 0 Å². The Kier molecular flexibility index (Phi) is 6.64. The van der Waals surface area contributed by atoms with E-state index >= 15 is 0 Å². The van der Waals surface area contributed by atoms with E-state index in [4.69, 9.17) is 4.74 Å². The molecule has 3 aromatic rings. The van der Waals surface area contributed by atoms with Crippen LogP contribution < -0.4 is 10.2 Å². The Labute approximate surface area is 186 Å². The molecule has 1 fully saturated rings. The fraction of sp³-hybridized carbons (Fsp3) is 0.273. The SMILES string of the molecule is COc1ccccc1/C=N/Nc1nc(-c2cccc(S(=O)(=O)N3CCCCC3)c2)cs1. The lowest BCUT2D eigenvalue weighted by atomic mass is 10.2. The monoisotopic (exact) mass is 456 g/mol. The maximum atomic E-state index is 13.0. The molecule has 0 spiro atoms. The van der Waals surface area contributed by atoms with Crippen LogP contribution in [0.3, 0.4) is 0 Å². The molecular weight excluding hydrogens is 432 g/mol. The maximum absolute atomic E-state index is 13.0. The fourth-order valence-corrected chi connectivity index (χ4v) is 5.69. The number of nitrogens with one attached hydrogen (secondary N) is 1. The molecule has 4 rings (SSSR count). The molecule has 1 saturated heterocycles. The summed E-state index contributed by atoms with van der Waals surface area (Å²) in [4.78, 5) is 4.85. The van der Waals surface area contributed by atoms with Crippen LogP contribution in [-0.2, 0) is 10.0 Å². The third-order valence-corrected chi connectivity index (χ3v) is 7.73. The summed E-state index contributed by atoms with van der Waals surface area (Å²) in [5, 5.41) is 6.73. The maximum Gasteiger partial charge on any atom is 0.243 e. The third kappa shape index (κ3) is 4.95. The molecule has 0 aliphatic carbocycles. The first-order chi connectivity index (χ1) is 15.1. The predicted molar refractivity (Wildman–Crippen MR) is 124 cm³/mol. The molecule has 1 aliphatic rings. The van der Waals surface area contributed by atoms with Crippen LogP contribution in [0.4, 0.5) is 5.13 Å². The van der Waals surface area contributed by atoms with Crippen LogP contribution in [-0.4, -0.2) is 44.1 Å². The van der Waals surface area contributed by atoms with Crippen molar-refractivity contribution in [3.8, 4) is 17.0 Å². The zero-order valence-corrected chi connectivity index (χ0v) is 18.8. The van der Waals surface area contributed by atoms with Gasteiger partial charge in [0.2, 0.25) is 15.2 Å². The van der Waals surface area contributed by atoms with E-state index in [-0.39, 0.29) is 0 Å². The number of piperidine rings is 1. The van der Waals surface area contributed by atoms with Gasteiger partial charge in [-0.25, -0.2) is 13.4 Å². The topological polar surface area (TPSA) is 83.9 Å². The molecule has 1 aliphatic heterocycles. The smallest absolute Gasteiger partial charge is 0.243 e. The van der Waals surface area contributed by atoms with Crippen molar-refractivity contribution in [1.82, 2.24) is 9.29 Å². The van der Waals surface area contributed by atoms with Crippen molar-refractivity contribution in [2.45, 2.75) is 24.2 Å². The molecule has 162 valence electrons. The molecule has 0 saturated carbocycles. The lowest BCUT2D eigenvalue weighted by Gasteiger charge is -2.26. The summed E-state index contributed by atoms with van der Waals surface area (Å²) < 4.78 is 32.8. The van der Waals surface area contributed by atoms with Crippen LogP contribution in [0.2, 0.25) is 0 Å². The summed E-state index contributed by atoms with van der Waals surface area (Å²) in [6.07, 6.45) is 4.58. The third-order valence-electron chi connectivity index (χ3n) is 5.09. The number of hydrogen-bond donors (Lipinski definition) is 1. The Morgan fingerprint density at radius 3 is 2.74 bits per heavy atom. The lowest BCUT2D eigenvalue weighted by molar-refractivity contribution is 0.346. The lowest BCUT2D eigenvalue weighted by Crippen LogP contribution is -2.35. The van der Waals surface area contributed by atoms with Crippen molar-refractivity contribution in [2.24, 2.45) is 5.10 Å². The summed E-state index contributed by atoms with van der Waals surface area (Å²) in [6.45, 7) is 1.17. The molecule has 0 radical (unpaired) electrons. The molecule has 0 unspecified atom stereocenters. The van der Waals surface area contributed by atoms with E-state index in [2.05, 4.69) is 15.5 Å². The van der Waals surface area contributed by atoms with Gasteiger partial charge in [0, 0.05) is 29.6 Å². The van der Waals surface area contributed by atoms with Gasteiger partial charge in [0.25, 0.3) is 0 Å². The highest BCUT2D eigenvalue weighted by molar-refractivity contribution is 7.89. The molecule has 0 amide bonds. The number of rotatable bonds is 7. The minimum atomic E-state index is -3.48. The first-order valence-corrected chi connectivity index (χ1v) is 12.4. The van der Waals surface area contributed by atoms with Gasteiger partial charge in [-0.15, -0.1) is 11.3 Å². The van der Waals surface area contributed by atoms with Gasteiger partial charge in [-0.2, -0.15) is 9.41 Å². The highest BCUT2D eigenvalue weighted by Crippen LogP contribution is 2.28. The average molecular weight is 457 g/mol. The normalized spacial score (nSPS) is 15.3. The molecule has 1 N–H and O–H groups in total. The standard InChI is InChI=1S/C22H24N4O3S2/c1-29-21-11-4-3-8-18(21)15-23-25-22-24-20(16-30-22)17-9-7-10-19(14-17)31(27,28)26-12-5-2-6-13-26/h3-4,7-11,14-16H,2,5-6,12-13H2,1H3,(H,24,25)/b23-15+. The summed E-state index contributed by atoms with van der Waals surface area (Å²) in [6, 6.07) is 14.6. The van der Waals surface area contributed by atoms with E-state index in [1.54, 1.807) is 35.8 Å². The Bertz CT molecular complexity index is 1170. The van der Waals surface area contributed by atoms with Crippen molar-refractivity contribution >= 4 is 32.7 Å². The molecule has 0 atom stereocenters. The number of para-hydroxylation sites is 1. The Morgan fingerprint density at radius 1 is 1.13 bits per heavy atom. The van der Waals surface area contributed by atoms with Crippen molar-refractivity contribution < 1.29 is 13.2 Å². The molecule has 9 heteroatoms. The number of ether oxygens (including phenoxy) is 1. The molecule has 0 bridgehead atoms. The van der Waals surface area contributed by atoms with Gasteiger partial charge < -0.3 is 4.74 Å². The fourth-order valence-electron chi connectivity index (χ4n) is 3.46. The quantitative estimate of drug-likeness (QED) is 0.420. The van der Waals surface area contributed by atoms with Crippen molar-refractivity contribution in [3.63, 3.8) is 0 Å². The molecule has 31 heavy (non-hydrogen) atoms. The Balaban J connectivity index is 1.49. The minimum Gasteiger partial charge on any atom is -0.496 e. The van der Waals surface area contributed by atoms with Crippen LogP contribution in [0.1, 0.15) is 24.8 Å². The molecule has 7 nitrogen and oxygen atoms in total. The number of benzene rings is 2. The zero-order chi connectivity index (χ0) is 21.7. The zero-order valence-electron chi connectivity index (χ0n) is 17.2. The largest absolute Gasteiger partial charge is 0.496 e. The number of sulfonamides is 1. The first-order valence-electron chi connectivity index (χ1n) is 10.1. The van der Waals surface area contributed by atoms with Crippen molar-refractivity contribution in [1.29, 1.82) is 0 Å². The summed E-state index contributed by atoms with van der Waals surface area (Å²) in [7, 11) is -1.86. The van der Waals surface area contributed by atoms with E-state index in [0.29, 0.717) is 28.8 Å². The molecule has 2 heterocycles. The van der Waals surface area contributed by atoms with E-state index in [9.17, 15) is 8.42 Å². The second-order valence-electron chi connectivity index (χ2n) is 7.14. The van der Waals surface area contributed by atoms with Gasteiger partial charge >= 0.3 is 0 Å². The summed E-state index contributed by atoms with van der Waals surface area (Å²) in [5.74, 6) is 0.736. The van der Waals surface area contributed by atoms with E-state index in [1.807, 2.05) is 35.7 Å². The van der Waals surface area contributed by atoms with Gasteiger partial charge in [-0.05, 0) is 37.1 Å². The van der Waals surface area contributed by atoms with Gasteiger partial charge in [0.05, 0.1) is 23.9 Å². The summed E-state index contributed by atoms with van der Waals surface area (Å²) in [5.41, 5.74) is 5.24. The second-order valence-corrected chi connectivity index (χ2v) is 9.94. The molecular formula is C22H24N4O3S2. The van der Waals surface area contributed by atoms with Crippen molar-refractivity contribution in [2.75, 3.05) is 25.6 Å². The van der Waals surface area contributed by atoms with Gasteiger partial charge in [-0.3, -0.25) is 5.43 Å². The van der Waals surface area contributed by atoms with E-state index in [1.165, 1.54) is 11.3 Å². The van der Waals surface area contributed by atoms with Crippen LogP contribution in [0.5, 0.6) is 5.75 Å². The van der Waals surface area contributed by atoms with Crippen LogP contribution in [0, 0.1) is 0 Å². The van der Waals surface area contributed by atoms with Crippen molar-refractivity contribution in [3.05, 3.63) is 59.5 Å². The minimum absolute atomic E-state index is 0.309. The Hall–Kier alpha value is -2.75. The first kappa shape index (κ1) is 21.5. The number of thiazole rings is 1. The highest BCUT2D eigenvalue weighted by Gasteiger charge is 2.26. The second kappa shape index (κ2) is 9.59. The van der Waals surface area contributed by atoms with E-state index < -0.39 is 10.0 Å². The number of anilines is 1. The van der Waals surface area contributed by atoms with Crippen LogP contribution in [0.25, 0.3) is 11.3 Å². The van der Waals surface area contributed by atoms with E-state index in [0.717, 1.165) is 36.1 Å². The number of hydrogen-bond acceptors (Lipinski definition) is 7. The number of hydrazone groups is 1. The average Bonchev–Trinajstić information content (AvgIpc) is 3.29. The Morgan fingerprint density at radius 2 is 1.94 bits per heavy atom. The summed E-state index contributed by atoms with van der Waals surface area (Å²) >= 11 is 1.40. The number of aromatic nitrogens is 1. The number of methoxy groups -OCH3 is 1.